The van der Waals surface area contributed by atoms with Crippen molar-refractivity contribution in [2.45, 2.75) is 59.0 Å². The van der Waals surface area contributed by atoms with Crippen molar-refractivity contribution in [1.29, 1.82) is 0 Å². The van der Waals surface area contributed by atoms with Crippen LogP contribution in [0.15, 0.2) is 0 Å². The lowest BCUT2D eigenvalue weighted by Crippen LogP contribution is -2.48. The Hall–Kier alpha value is -0.720. The molecule has 0 aliphatic carbocycles. The molecule has 22 heavy (non-hydrogen) atoms. The van der Waals surface area contributed by atoms with E-state index in [9.17, 15) is 0 Å². The largest absolute Gasteiger partial charge is 0.301 e. The van der Waals surface area contributed by atoms with E-state index in [1.807, 2.05) is 4.68 Å². The number of rotatable bonds is 6. The van der Waals surface area contributed by atoms with Gasteiger partial charge in [-0.2, -0.15) is 0 Å². The first-order valence-corrected chi connectivity index (χ1v) is 8.28. The molecule has 1 aliphatic rings. The quantitative estimate of drug-likeness (QED) is 0.801. The second kappa shape index (κ2) is 8.22. The van der Waals surface area contributed by atoms with Gasteiger partial charge >= 0.3 is 0 Å². The summed E-state index contributed by atoms with van der Waals surface area (Å²) in [5, 5.41) is 12.6. The maximum Gasteiger partial charge on any atom is 0.168 e. The molecule has 1 aromatic rings. The normalized spacial score (nSPS) is 19.0. The van der Waals surface area contributed by atoms with Crippen molar-refractivity contribution in [2.75, 3.05) is 32.7 Å². The summed E-state index contributed by atoms with van der Waals surface area (Å²) in [5.74, 6) is 1.02. The minimum Gasteiger partial charge on any atom is -0.301 e. The monoisotopic (exact) mass is 330 g/mol. The van der Waals surface area contributed by atoms with Gasteiger partial charge < -0.3 is 4.90 Å². The lowest BCUT2D eigenvalue weighted by atomic mass is 10.0. The van der Waals surface area contributed by atoms with E-state index in [1.54, 1.807) is 0 Å². The average Bonchev–Trinajstić information content (AvgIpc) is 2.99. The van der Waals surface area contributed by atoms with Gasteiger partial charge in [-0.05, 0) is 43.7 Å². The molecule has 0 saturated carbocycles. The third-order valence-electron chi connectivity index (χ3n) is 4.91. The number of likely N-dealkylation sites (N-methyl/N-ethyl adjacent to an activating group) is 1. The smallest absolute Gasteiger partial charge is 0.168 e. The maximum absolute atomic E-state index is 4.36. The summed E-state index contributed by atoms with van der Waals surface area (Å²) in [6.45, 7) is 16.7. The van der Waals surface area contributed by atoms with E-state index in [0.717, 1.165) is 51.4 Å². The average molecular weight is 331 g/mol. The van der Waals surface area contributed by atoms with Crippen LogP contribution in [0.2, 0.25) is 0 Å². The number of halogens is 1. The second-order valence-corrected chi connectivity index (χ2v) is 6.51. The Morgan fingerprint density at radius 2 is 1.73 bits per heavy atom. The van der Waals surface area contributed by atoms with Crippen LogP contribution in [0.3, 0.4) is 0 Å². The number of hydrogen-bond acceptors (Lipinski definition) is 5. The van der Waals surface area contributed by atoms with Crippen molar-refractivity contribution in [1.82, 2.24) is 30.0 Å². The van der Waals surface area contributed by atoms with Crippen LogP contribution in [0.5, 0.6) is 0 Å². The topological polar surface area (TPSA) is 50.1 Å². The van der Waals surface area contributed by atoms with Gasteiger partial charge in [0.15, 0.2) is 5.82 Å². The SMILES string of the molecule is CCC(c1nnnn1C(C)(C)CC)N1CCN(CC)CC1.Cl. The van der Waals surface area contributed by atoms with Crippen LogP contribution in [0.4, 0.5) is 0 Å². The fraction of sp³-hybridized carbons (Fsp3) is 0.933. The first kappa shape index (κ1) is 19.3. The summed E-state index contributed by atoms with van der Waals surface area (Å²) >= 11 is 0. The molecule has 2 heterocycles. The van der Waals surface area contributed by atoms with Gasteiger partial charge in [0.2, 0.25) is 0 Å². The standard InChI is InChI=1S/C15H30N6.ClH/c1-6-13(20-11-9-19(8-3)10-12-20)14-16-17-18-21(14)15(4,5)7-2;/h13H,6-12H2,1-5H3;1H. The highest BCUT2D eigenvalue weighted by Crippen LogP contribution is 2.28. The molecule has 0 amide bonds. The molecule has 0 spiro atoms. The number of aromatic nitrogens is 4. The minimum atomic E-state index is -0.0303. The van der Waals surface area contributed by atoms with Crippen molar-refractivity contribution in [2.24, 2.45) is 0 Å². The van der Waals surface area contributed by atoms with Crippen LogP contribution in [-0.4, -0.2) is 62.7 Å². The van der Waals surface area contributed by atoms with Gasteiger partial charge in [0.05, 0.1) is 11.6 Å². The zero-order valence-corrected chi connectivity index (χ0v) is 15.4. The van der Waals surface area contributed by atoms with E-state index in [4.69, 9.17) is 0 Å². The van der Waals surface area contributed by atoms with Crippen molar-refractivity contribution in [3.8, 4) is 0 Å². The molecule has 128 valence electrons. The Morgan fingerprint density at radius 3 is 2.23 bits per heavy atom. The molecule has 0 N–H and O–H groups in total. The van der Waals surface area contributed by atoms with Gasteiger partial charge in [0.1, 0.15) is 0 Å². The molecular formula is C15H31ClN6. The second-order valence-electron chi connectivity index (χ2n) is 6.51. The zero-order valence-electron chi connectivity index (χ0n) is 14.6. The van der Waals surface area contributed by atoms with Gasteiger partial charge in [0.25, 0.3) is 0 Å². The number of hydrogen-bond donors (Lipinski definition) is 0. The molecule has 1 aliphatic heterocycles. The molecule has 7 heteroatoms. The van der Waals surface area contributed by atoms with Crippen LogP contribution in [0, 0.1) is 0 Å². The molecule has 1 aromatic heterocycles. The first-order valence-electron chi connectivity index (χ1n) is 8.28. The van der Waals surface area contributed by atoms with E-state index in [0.29, 0.717) is 6.04 Å². The minimum absolute atomic E-state index is 0. The van der Waals surface area contributed by atoms with Gasteiger partial charge in [-0.3, -0.25) is 4.90 Å². The molecule has 1 unspecified atom stereocenters. The fourth-order valence-electron chi connectivity index (χ4n) is 2.98. The Bertz CT molecular complexity index is 439. The van der Waals surface area contributed by atoms with Crippen molar-refractivity contribution in [3.63, 3.8) is 0 Å². The molecule has 2 rings (SSSR count). The summed E-state index contributed by atoms with van der Waals surface area (Å²) < 4.78 is 2.04. The molecule has 0 aromatic carbocycles. The van der Waals surface area contributed by atoms with Gasteiger partial charge in [-0.1, -0.05) is 20.8 Å². The maximum atomic E-state index is 4.36. The molecule has 6 nitrogen and oxygen atoms in total. The van der Waals surface area contributed by atoms with Crippen LogP contribution in [0.25, 0.3) is 0 Å². The molecule has 1 saturated heterocycles. The van der Waals surface area contributed by atoms with Gasteiger partial charge in [0, 0.05) is 26.2 Å². The number of nitrogens with zero attached hydrogens (tertiary/aromatic N) is 6. The molecular weight excluding hydrogens is 300 g/mol. The van der Waals surface area contributed by atoms with E-state index in [1.165, 1.54) is 0 Å². The summed E-state index contributed by atoms with van der Waals surface area (Å²) in [7, 11) is 0. The lowest BCUT2D eigenvalue weighted by molar-refractivity contribution is 0.0879. The molecule has 1 fully saturated rings. The Balaban J connectivity index is 0.00000242. The van der Waals surface area contributed by atoms with Crippen LogP contribution in [-0.2, 0) is 5.54 Å². The highest BCUT2D eigenvalue weighted by atomic mass is 35.5. The predicted molar refractivity (Wildman–Crippen MR) is 91.4 cm³/mol. The summed E-state index contributed by atoms with van der Waals surface area (Å²) in [5.41, 5.74) is -0.0303. The summed E-state index contributed by atoms with van der Waals surface area (Å²) in [6, 6.07) is 0.324. The fourth-order valence-corrected chi connectivity index (χ4v) is 2.98. The predicted octanol–water partition coefficient (Wildman–Crippen LogP) is 2.33. The van der Waals surface area contributed by atoms with E-state index in [-0.39, 0.29) is 17.9 Å². The van der Waals surface area contributed by atoms with Crippen molar-refractivity contribution < 1.29 is 0 Å². The van der Waals surface area contributed by atoms with Gasteiger partial charge in [-0.25, -0.2) is 4.68 Å². The molecule has 0 radical (unpaired) electrons. The Kier molecular flexibility index (Phi) is 7.22. The third kappa shape index (κ3) is 3.97. The van der Waals surface area contributed by atoms with Crippen molar-refractivity contribution in [3.05, 3.63) is 5.82 Å². The van der Waals surface area contributed by atoms with Crippen molar-refractivity contribution >= 4 is 12.4 Å². The Labute approximate surface area is 140 Å². The Morgan fingerprint density at radius 1 is 1.09 bits per heavy atom. The van der Waals surface area contributed by atoms with E-state index < -0.39 is 0 Å². The lowest BCUT2D eigenvalue weighted by Gasteiger charge is -2.39. The third-order valence-corrected chi connectivity index (χ3v) is 4.91. The van der Waals surface area contributed by atoms with E-state index in [2.05, 4.69) is 59.9 Å². The van der Waals surface area contributed by atoms with E-state index >= 15 is 0 Å². The molecule has 0 bridgehead atoms. The van der Waals surface area contributed by atoms with Crippen LogP contribution < -0.4 is 0 Å². The van der Waals surface area contributed by atoms with Crippen LogP contribution in [0.1, 0.15) is 59.3 Å². The van der Waals surface area contributed by atoms with Crippen LogP contribution >= 0.6 is 12.4 Å². The zero-order chi connectivity index (χ0) is 15.5. The summed E-state index contributed by atoms with van der Waals surface area (Å²) in [4.78, 5) is 5.04. The summed E-state index contributed by atoms with van der Waals surface area (Å²) in [6.07, 6.45) is 2.07. The first-order chi connectivity index (χ1) is 10.0. The molecule has 1 atom stereocenters. The van der Waals surface area contributed by atoms with Gasteiger partial charge in [-0.15, -0.1) is 17.5 Å². The highest BCUT2D eigenvalue weighted by Gasteiger charge is 2.31. The number of piperazine rings is 1. The highest BCUT2D eigenvalue weighted by molar-refractivity contribution is 5.85. The number of tetrazole rings is 1.